The lowest BCUT2D eigenvalue weighted by molar-refractivity contribution is -0.123. The number of methoxy groups -OCH3 is 1. The van der Waals surface area contributed by atoms with E-state index >= 15 is 0 Å². The van der Waals surface area contributed by atoms with E-state index in [1.165, 1.54) is 14.0 Å². The number of aromatic nitrogens is 2. The van der Waals surface area contributed by atoms with E-state index in [1.54, 1.807) is 41.8 Å². The van der Waals surface area contributed by atoms with Crippen LogP contribution in [0.25, 0.3) is 11.0 Å². The average Bonchev–Trinajstić information content (AvgIpc) is 2.74. The number of amides is 1. The third kappa shape index (κ3) is 4.58. The Hall–Kier alpha value is -3.68. The normalized spacial score (nSPS) is 11.8. The van der Waals surface area contributed by atoms with Crippen LogP contribution in [0.1, 0.15) is 35.5 Å². The lowest BCUT2D eigenvalue weighted by Gasteiger charge is -2.16. The molecule has 0 radical (unpaired) electrons. The summed E-state index contributed by atoms with van der Waals surface area (Å²) < 4.78 is 12.2. The molecule has 162 valence electrons. The van der Waals surface area contributed by atoms with E-state index in [2.05, 4.69) is 10.3 Å². The zero-order valence-corrected chi connectivity index (χ0v) is 18.2. The molecule has 0 fully saturated rings. The fourth-order valence-electron chi connectivity index (χ4n) is 3.25. The van der Waals surface area contributed by atoms with E-state index in [0.29, 0.717) is 34.7 Å². The summed E-state index contributed by atoms with van der Waals surface area (Å²) >= 11 is 0. The molecule has 0 saturated carbocycles. The Labute approximate surface area is 179 Å². The number of nitrogens with zero attached hydrogens (tertiary/aromatic N) is 2. The first-order valence-electron chi connectivity index (χ1n) is 9.92. The van der Waals surface area contributed by atoms with Crippen molar-refractivity contribution < 1.29 is 19.1 Å². The molecule has 0 spiro atoms. The minimum Gasteiger partial charge on any atom is -0.495 e. The number of anilines is 1. The molecule has 0 aliphatic carbocycles. The molecule has 1 unspecified atom stereocenters. The molecule has 1 amide bonds. The highest BCUT2D eigenvalue weighted by Crippen LogP contribution is 2.25. The van der Waals surface area contributed by atoms with Gasteiger partial charge in [0.25, 0.3) is 11.5 Å². The number of carbonyl (C=O) groups is 2. The van der Waals surface area contributed by atoms with Crippen molar-refractivity contribution >= 4 is 28.6 Å². The molecule has 2 aromatic carbocycles. The van der Waals surface area contributed by atoms with Gasteiger partial charge in [0.1, 0.15) is 11.4 Å². The summed E-state index contributed by atoms with van der Waals surface area (Å²) in [6, 6.07) is 10.2. The van der Waals surface area contributed by atoms with Gasteiger partial charge in [-0.25, -0.2) is 9.78 Å². The van der Waals surface area contributed by atoms with Gasteiger partial charge in [0, 0.05) is 6.54 Å². The van der Waals surface area contributed by atoms with Gasteiger partial charge in [0.2, 0.25) is 0 Å². The highest BCUT2D eigenvalue weighted by Gasteiger charge is 2.21. The smallest absolute Gasteiger partial charge is 0.338 e. The molecule has 0 bridgehead atoms. The number of ether oxygens (including phenoxy) is 2. The van der Waals surface area contributed by atoms with E-state index in [9.17, 15) is 14.4 Å². The molecule has 1 aromatic heterocycles. The quantitative estimate of drug-likeness (QED) is 0.611. The molecule has 3 aromatic rings. The van der Waals surface area contributed by atoms with Gasteiger partial charge < -0.3 is 19.4 Å². The van der Waals surface area contributed by atoms with Gasteiger partial charge in [-0.2, -0.15) is 0 Å². The molecule has 3 rings (SSSR count). The van der Waals surface area contributed by atoms with Crippen molar-refractivity contribution in [1.29, 1.82) is 0 Å². The minimum atomic E-state index is -1.03. The average molecular weight is 423 g/mol. The molecule has 8 heteroatoms. The number of esters is 1. The topological polar surface area (TPSA) is 99.5 Å². The van der Waals surface area contributed by atoms with E-state index in [4.69, 9.17) is 9.47 Å². The standard InChI is InChI=1S/C23H25N3O5/c1-6-26-19-9-8-16(12-17(19)24-14(3)22(26)28)23(29)31-15(4)21(27)25-18-11-13(2)7-10-20(18)30-5/h7-12,15H,6H2,1-5H3,(H,25,27). The van der Waals surface area contributed by atoms with Crippen LogP contribution in [-0.2, 0) is 16.1 Å². The molecular weight excluding hydrogens is 398 g/mol. The Balaban J connectivity index is 1.78. The van der Waals surface area contributed by atoms with E-state index in [1.807, 2.05) is 19.9 Å². The molecule has 0 aliphatic rings. The SMILES string of the molecule is CCn1c(=O)c(C)nc2cc(C(=O)OC(C)C(=O)Nc3cc(C)ccc3OC)ccc21. The molecular formula is C23H25N3O5. The van der Waals surface area contributed by atoms with Crippen LogP contribution in [0.3, 0.4) is 0 Å². The predicted molar refractivity (Wildman–Crippen MR) is 118 cm³/mol. The molecule has 0 saturated heterocycles. The van der Waals surface area contributed by atoms with Crippen molar-refractivity contribution in [3.63, 3.8) is 0 Å². The summed E-state index contributed by atoms with van der Waals surface area (Å²) in [5.74, 6) is -0.628. The number of aryl methyl sites for hydroxylation is 3. The summed E-state index contributed by atoms with van der Waals surface area (Å²) in [6.07, 6.45) is -1.03. The minimum absolute atomic E-state index is 0.165. The van der Waals surface area contributed by atoms with Gasteiger partial charge >= 0.3 is 5.97 Å². The van der Waals surface area contributed by atoms with Crippen LogP contribution in [0.5, 0.6) is 5.75 Å². The second-order valence-corrected chi connectivity index (χ2v) is 7.19. The lowest BCUT2D eigenvalue weighted by Crippen LogP contribution is -2.30. The first kappa shape index (κ1) is 22.0. The van der Waals surface area contributed by atoms with Gasteiger partial charge in [0.15, 0.2) is 6.10 Å². The van der Waals surface area contributed by atoms with Crippen LogP contribution in [-0.4, -0.2) is 34.6 Å². The van der Waals surface area contributed by atoms with Crippen molar-refractivity contribution in [3.8, 4) is 5.75 Å². The maximum Gasteiger partial charge on any atom is 0.338 e. The summed E-state index contributed by atoms with van der Waals surface area (Å²) in [7, 11) is 1.51. The first-order chi connectivity index (χ1) is 14.7. The van der Waals surface area contributed by atoms with E-state index in [0.717, 1.165) is 5.56 Å². The monoisotopic (exact) mass is 423 g/mol. The molecule has 1 N–H and O–H groups in total. The fourth-order valence-corrected chi connectivity index (χ4v) is 3.25. The maximum atomic E-state index is 12.6. The lowest BCUT2D eigenvalue weighted by atomic mass is 10.2. The second-order valence-electron chi connectivity index (χ2n) is 7.19. The number of nitrogens with one attached hydrogen (secondary N) is 1. The first-order valence-corrected chi connectivity index (χ1v) is 9.92. The Bertz CT molecular complexity index is 1220. The van der Waals surface area contributed by atoms with E-state index < -0.39 is 18.0 Å². The number of hydrogen-bond acceptors (Lipinski definition) is 6. The molecule has 31 heavy (non-hydrogen) atoms. The number of hydrogen-bond donors (Lipinski definition) is 1. The van der Waals surface area contributed by atoms with E-state index in [-0.39, 0.29) is 11.1 Å². The van der Waals surface area contributed by atoms with Crippen molar-refractivity contribution in [2.75, 3.05) is 12.4 Å². The highest BCUT2D eigenvalue weighted by atomic mass is 16.5. The van der Waals surface area contributed by atoms with Crippen molar-refractivity contribution in [1.82, 2.24) is 9.55 Å². The summed E-state index contributed by atoms with van der Waals surface area (Å²) in [5, 5.41) is 2.73. The fraction of sp³-hybridized carbons (Fsp3) is 0.304. The summed E-state index contributed by atoms with van der Waals surface area (Å²) in [4.78, 5) is 41.7. The van der Waals surface area contributed by atoms with Crippen LogP contribution in [0.4, 0.5) is 5.69 Å². The molecule has 8 nitrogen and oxygen atoms in total. The Morgan fingerprint density at radius 1 is 1.16 bits per heavy atom. The number of carbonyl (C=O) groups excluding carboxylic acids is 2. The van der Waals surface area contributed by atoms with Crippen molar-refractivity contribution in [3.05, 3.63) is 63.6 Å². The third-order valence-corrected chi connectivity index (χ3v) is 4.93. The molecule has 0 aliphatic heterocycles. The Morgan fingerprint density at radius 3 is 2.58 bits per heavy atom. The third-order valence-electron chi connectivity index (χ3n) is 4.93. The number of rotatable bonds is 6. The largest absolute Gasteiger partial charge is 0.495 e. The zero-order chi connectivity index (χ0) is 22.7. The van der Waals surface area contributed by atoms with Crippen LogP contribution >= 0.6 is 0 Å². The van der Waals surface area contributed by atoms with Crippen LogP contribution in [0, 0.1) is 13.8 Å². The van der Waals surface area contributed by atoms with Gasteiger partial charge in [-0.1, -0.05) is 6.07 Å². The van der Waals surface area contributed by atoms with Crippen LogP contribution in [0.2, 0.25) is 0 Å². The van der Waals surface area contributed by atoms with Crippen LogP contribution in [0.15, 0.2) is 41.2 Å². The highest BCUT2D eigenvalue weighted by molar-refractivity contribution is 5.99. The number of benzene rings is 2. The van der Waals surface area contributed by atoms with Gasteiger partial charge in [-0.3, -0.25) is 9.59 Å². The van der Waals surface area contributed by atoms with Gasteiger partial charge in [-0.05, 0) is 63.6 Å². The van der Waals surface area contributed by atoms with Gasteiger partial charge in [-0.15, -0.1) is 0 Å². The van der Waals surface area contributed by atoms with Crippen molar-refractivity contribution in [2.45, 2.75) is 40.3 Å². The Morgan fingerprint density at radius 2 is 1.90 bits per heavy atom. The predicted octanol–water partition coefficient (Wildman–Crippen LogP) is 3.23. The number of fused-ring (bicyclic) bond motifs is 1. The van der Waals surface area contributed by atoms with Crippen LogP contribution < -0.4 is 15.6 Å². The maximum absolute atomic E-state index is 12.6. The summed E-state index contributed by atoms with van der Waals surface area (Å²) in [6.45, 7) is 7.37. The second kappa shape index (κ2) is 8.99. The van der Waals surface area contributed by atoms with Gasteiger partial charge in [0.05, 0.1) is 29.4 Å². The van der Waals surface area contributed by atoms with Crippen molar-refractivity contribution in [2.24, 2.45) is 0 Å². The summed E-state index contributed by atoms with van der Waals surface area (Å²) in [5.41, 5.74) is 3.01. The molecule has 1 heterocycles. The molecule has 1 atom stereocenters. The Kier molecular flexibility index (Phi) is 6.39. The zero-order valence-electron chi connectivity index (χ0n) is 18.2.